The van der Waals surface area contributed by atoms with Gasteiger partial charge in [-0.2, -0.15) is 0 Å². The van der Waals surface area contributed by atoms with Crippen LogP contribution in [0.25, 0.3) is 0 Å². The molecule has 3 N–H and O–H groups in total. The average molecular weight is 315 g/mol. The van der Waals surface area contributed by atoms with Gasteiger partial charge in [0.15, 0.2) is 0 Å². The molecule has 4 nitrogen and oxygen atoms in total. The van der Waals surface area contributed by atoms with Crippen LogP contribution in [-0.4, -0.2) is 63.7 Å². The van der Waals surface area contributed by atoms with Crippen molar-refractivity contribution in [3.8, 4) is 0 Å². The third-order valence-corrected chi connectivity index (χ3v) is 5.80. The van der Waals surface area contributed by atoms with Gasteiger partial charge in [0.05, 0.1) is 19.8 Å². The quantitative estimate of drug-likeness (QED) is 0.603. The molecule has 22 heavy (non-hydrogen) atoms. The molecule has 0 aromatic rings. The zero-order valence-electron chi connectivity index (χ0n) is 15.1. The molecule has 130 valence electrons. The molecule has 2 aliphatic rings. The third kappa shape index (κ3) is 5.48. The Balaban J connectivity index is 1.73. The Kier molecular flexibility index (Phi) is 7.13. The monoisotopic (exact) mass is 314 g/mol. The lowest BCUT2D eigenvalue weighted by atomic mass is 9.75. The topological polar surface area (TPSA) is 38.3 Å². The number of aliphatic hydroxyl groups is 1. The second kappa shape index (κ2) is 8.62. The predicted molar refractivity (Wildman–Crippen MR) is 89.3 cm³/mol. The molecule has 1 heterocycles. The van der Waals surface area contributed by atoms with Gasteiger partial charge in [-0.3, -0.25) is 0 Å². The fourth-order valence-electron chi connectivity index (χ4n) is 4.17. The van der Waals surface area contributed by atoms with Crippen LogP contribution in [0.3, 0.4) is 0 Å². The summed E-state index contributed by atoms with van der Waals surface area (Å²) in [6.45, 7) is 13.1. The smallest absolute Gasteiger partial charge is 0.127 e. The van der Waals surface area contributed by atoms with Crippen LogP contribution in [0.15, 0.2) is 0 Å². The minimum absolute atomic E-state index is 0.307. The first-order valence-corrected chi connectivity index (χ1v) is 9.40. The van der Waals surface area contributed by atoms with E-state index >= 15 is 0 Å². The summed E-state index contributed by atoms with van der Waals surface area (Å²) in [7, 11) is 2.26. The van der Waals surface area contributed by atoms with Crippen LogP contribution in [-0.2, 0) is 4.74 Å². The number of piperazine rings is 1. The molecule has 1 saturated heterocycles. The molecule has 0 bridgehead atoms. The average Bonchev–Trinajstić information content (AvgIpc) is 2.47. The van der Waals surface area contributed by atoms with Crippen LogP contribution in [0.4, 0.5) is 0 Å². The molecule has 1 saturated carbocycles. The number of ether oxygens (including phenoxy) is 1. The fraction of sp³-hybridized carbons (Fsp3) is 1.00. The van der Waals surface area contributed by atoms with Crippen LogP contribution in [0.1, 0.15) is 40.0 Å². The fourth-order valence-corrected chi connectivity index (χ4v) is 4.17. The summed E-state index contributed by atoms with van der Waals surface area (Å²) < 4.78 is 6.18. The third-order valence-electron chi connectivity index (χ3n) is 5.80. The highest BCUT2D eigenvalue weighted by molar-refractivity contribution is 4.81. The van der Waals surface area contributed by atoms with E-state index < -0.39 is 0 Å². The summed E-state index contributed by atoms with van der Waals surface area (Å²) in [5.74, 6) is 2.12. The van der Waals surface area contributed by atoms with Gasteiger partial charge in [-0.05, 0) is 30.6 Å². The van der Waals surface area contributed by atoms with Crippen molar-refractivity contribution in [1.29, 1.82) is 0 Å². The highest BCUT2D eigenvalue weighted by Crippen LogP contribution is 2.35. The van der Waals surface area contributed by atoms with Crippen molar-refractivity contribution in [3.63, 3.8) is 0 Å². The van der Waals surface area contributed by atoms with E-state index in [2.05, 4.69) is 27.8 Å². The van der Waals surface area contributed by atoms with Gasteiger partial charge in [-0.15, -0.1) is 0 Å². The minimum Gasteiger partial charge on any atom is -0.385 e. The Morgan fingerprint density at radius 1 is 1.14 bits per heavy atom. The van der Waals surface area contributed by atoms with Gasteiger partial charge in [0.2, 0.25) is 0 Å². The first-order chi connectivity index (χ1) is 10.5. The van der Waals surface area contributed by atoms with Gasteiger partial charge in [0, 0.05) is 0 Å². The van der Waals surface area contributed by atoms with Crippen molar-refractivity contribution in [2.45, 2.75) is 52.2 Å². The summed E-state index contributed by atoms with van der Waals surface area (Å²) in [4.78, 5) is 3.16. The molecule has 2 fully saturated rings. The largest absolute Gasteiger partial charge is 0.385 e. The number of hydrogen-bond donors (Lipinski definition) is 3. The first kappa shape index (κ1) is 18.2. The molecule has 0 radical (unpaired) electrons. The molecule has 2 rings (SSSR count). The van der Waals surface area contributed by atoms with E-state index in [1.165, 1.54) is 45.4 Å². The summed E-state index contributed by atoms with van der Waals surface area (Å²) in [5, 5.41) is 10.3. The van der Waals surface area contributed by atoms with Crippen molar-refractivity contribution >= 4 is 0 Å². The molecule has 0 amide bonds. The van der Waals surface area contributed by atoms with E-state index in [0.29, 0.717) is 24.5 Å². The van der Waals surface area contributed by atoms with Crippen molar-refractivity contribution in [1.82, 2.24) is 0 Å². The Labute approximate surface area is 136 Å². The zero-order chi connectivity index (χ0) is 16.1. The lowest BCUT2D eigenvalue weighted by molar-refractivity contribution is -1.00. The minimum atomic E-state index is -0.307. The number of quaternary nitrogens is 2. The highest BCUT2D eigenvalue weighted by atomic mass is 16.5. The standard InChI is InChI=1S/C18H36N2O2/c1-14(2)17-6-5-15(3)11-18(17)22-13-16(21)12-20-9-7-19(4)8-10-20/h14-18,21H,5-13H2,1-4H3/p+2/t15-,16+,17+,18+/m0/s1. The molecule has 1 aliphatic carbocycles. The number of rotatable bonds is 6. The lowest BCUT2D eigenvalue weighted by Crippen LogP contribution is -3.27. The molecule has 4 heteroatoms. The van der Waals surface area contributed by atoms with Crippen LogP contribution in [0, 0.1) is 17.8 Å². The van der Waals surface area contributed by atoms with Gasteiger partial charge >= 0.3 is 0 Å². The molecule has 4 atom stereocenters. The number of hydrogen-bond acceptors (Lipinski definition) is 2. The van der Waals surface area contributed by atoms with E-state index in [1.807, 2.05) is 0 Å². The van der Waals surface area contributed by atoms with Crippen LogP contribution in [0.5, 0.6) is 0 Å². The van der Waals surface area contributed by atoms with Gasteiger partial charge in [0.25, 0.3) is 0 Å². The maximum absolute atomic E-state index is 10.3. The molecule has 0 unspecified atom stereocenters. The van der Waals surface area contributed by atoms with Crippen LogP contribution < -0.4 is 9.80 Å². The normalized spacial score (nSPS) is 38.2. The number of likely N-dealkylation sites (N-methyl/N-ethyl adjacent to an activating group) is 1. The van der Waals surface area contributed by atoms with Crippen LogP contribution >= 0.6 is 0 Å². The Bertz CT molecular complexity index is 316. The second-order valence-corrected chi connectivity index (χ2v) is 8.26. The van der Waals surface area contributed by atoms with E-state index in [4.69, 9.17) is 4.74 Å². The van der Waals surface area contributed by atoms with Gasteiger partial charge < -0.3 is 19.6 Å². The number of nitrogens with one attached hydrogen (secondary N) is 2. The Hall–Kier alpha value is -0.160. The Morgan fingerprint density at radius 3 is 2.45 bits per heavy atom. The first-order valence-electron chi connectivity index (χ1n) is 9.40. The van der Waals surface area contributed by atoms with Crippen molar-refractivity contribution < 1.29 is 19.6 Å². The van der Waals surface area contributed by atoms with Crippen molar-refractivity contribution in [2.75, 3.05) is 46.4 Å². The van der Waals surface area contributed by atoms with E-state index in [0.717, 1.165) is 12.5 Å². The van der Waals surface area contributed by atoms with Gasteiger partial charge in [-0.1, -0.05) is 27.2 Å². The molecule has 1 aliphatic heterocycles. The summed E-state index contributed by atoms with van der Waals surface area (Å²) in [6.07, 6.45) is 3.83. The van der Waals surface area contributed by atoms with Gasteiger partial charge in [-0.25, -0.2) is 0 Å². The summed E-state index contributed by atoms with van der Waals surface area (Å²) in [6, 6.07) is 0. The second-order valence-electron chi connectivity index (χ2n) is 8.26. The van der Waals surface area contributed by atoms with E-state index in [-0.39, 0.29) is 6.10 Å². The van der Waals surface area contributed by atoms with Crippen molar-refractivity contribution in [3.05, 3.63) is 0 Å². The molecule has 0 aromatic carbocycles. The zero-order valence-corrected chi connectivity index (χ0v) is 15.1. The maximum Gasteiger partial charge on any atom is 0.127 e. The Morgan fingerprint density at radius 2 is 1.82 bits per heavy atom. The van der Waals surface area contributed by atoms with Crippen LogP contribution in [0.2, 0.25) is 0 Å². The van der Waals surface area contributed by atoms with E-state index in [1.54, 1.807) is 9.80 Å². The lowest BCUT2D eigenvalue weighted by Gasteiger charge is -2.37. The number of aliphatic hydroxyl groups excluding tert-OH is 1. The predicted octanol–water partition coefficient (Wildman–Crippen LogP) is -0.762. The maximum atomic E-state index is 10.3. The highest BCUT2D eigenvalue weighted by Gasteiger charge is 2.32. The molecule has 0 aromatic heterocycles. The molecule has 0 spiro atoms. The SMILES string of the molecule is CC(C)[C@H]1CC[C@H](C)C[C@H]1OC[C@H](O)C[NH+]1CC[NH+](C)CC1. The molecular formula is C18H38N2O2+2. The summed E-state index contributed by atoms with van der Waals surface area (Å²) >= 11 is 0. The summed E-state index contributed by atoms with van der Waals surface area (Å²) in [5.41, 5.74) is 0. The van der Waals surface area contributed by atoms with E-state index in [9.17, 15) is 5.11 Å². The van der Waals surface area contributed by atoms with Crippen molar-refractivity contribution in [2.24, 2.45) is 17.8 Å². The van der Waals surface area contributed by atoms with Gasteiger partial charge in [0.1, 0.15) is 38.8 Å². The molecular weight excluding hydrogens is 276 g/mol.